The minimum atomic E-state index is -0.494. The Morgan fingerprint density at radius 2 is 2.36 bits per heavy atom. The highest BCUT2D eigenvalue weighted by Crippen LogP contribution is 2.28. The van der Waals surface area contributed by atoms with Crippen LogP contribution in [0.4, 0.5) is 5.82 Å². The Kier molecular flexibility index (Phi) is 2.37. The van der Waals surface area contributed by atoms with Gasteiger partial charge in [0.1, 0.15) is 0 Å². The molecular formula is C10H15N3O. The van der Waals surface area contributed by atoms with Crippen LogP contribution in [0, 0.1) is 0 Å². The second-order valence-electron chi connectivity index (χ2n) is 3.91. The summed E-state index contributed by atoms with van der Waals surface area (Å²) in [5, 5.41) is 17.8. The van der Waals surface area contributed by atoms with E-state index in [0.29, 0.717) is 13.1 Å². The van der Waals surface area contributed by atoms with Crippen molar-refractivity contribution in [3.63, 3.8) is 0 Å². The summed E-state index contributed by atoms with van der Waals surface area (Å²) < 4.78 is 0. The first kappa shape index (κ1) is 9.40. The molecule has 1 aliphatic rings. The first-order chi connectivity index (χ1) is 6.73. The minimum Gasteiger partial charge on any atom is -0.386 e. The van der Waals surface area contributed by atoms with E-state index in [2.05, 4.69) is 17.1 Å². The SMILES string of the molecule is CCCC1(O)CN(c2cccnn2)C1. The van der Waals surface area contributed by atoms with Crippen LogP contribution < -0.4 is 4.90 Å². The van der Waals surface area contributed by atoms with Crippen molar-refractivity contribution < 1.29 is 5.11 Å². The van der Waals surface area contributed by atoms with Crippen LogP contribution in [0.1, 0.15) is 19.8 Å². The van der Waals surface area contributed by atoms with Crippen LogP contribution in [-0.4, -0.2) is 34.0 Å². The molecule has 4 heteroatoms. The molecule has 0 aromatic carbocycles. The maximum Gasteiger partial charge on any atom is 0.151 e. The quantitative estimate of drug-likeness (QED) is 0.772. The smallest absolute Gasteiger partial charge is 0.151 e. The third-order valence-electron chi connectivity index (χ3n) is 2.57. The summed E-state index contributed by atoms with van der Waals surface area (Å²) in [7, 11) is 0. The Morgan fingerprint density at radius 3 is 2.93 bits per heavy atom. The fourth-order valence-corrected chi connectivity index (χ4v) is 1.91. The number of aromatic nitrogens is 2. The number of hydrogen-bond donors (Lipinski definition) is 1. The van der Waals surface area contributed by atoms with Crippen LogP contribution in [0.15, 0.2) is 18.3 Å². The Morgan fingerprint density at radius 1 is 1.57 bits per heavy atom. The molecule has 0 saturated carbocycles. The predicted octanol–water partition coefficient (Wildman–Crippen LogP) is 0.828. The van der Waals surface area contributed by atoms with Gasteiger partial charge in [-0.2, -0.15) is 5.10 Å². The van der Waals surface area contributed by atoms with Gasteiger partial charge in [0.05, 0.1) is 18.7 Å². The molecule has 1 N–H and O–H groups in total. The van der Waals surface area contributed by atoms with E-state index in [-0.39, 0.29) is 0 Å². The Balaban J connectivity index is 1.95. The molecule has 4 nitrogen and oxygen atoms in total. The van der Waals surface area contributed by atoms with E-state index < -0.39 is 5.60 Å². The molecule has 0 aliphatic carbocycles. The second kappa shape index (κ2) is 3.53. The van der Waals surface area contributed by atoms with Crippen LogP contribution in [-0.2, 0) is 0 Å². The fraction of sp³-hybridized carbons (Fsp3) is 0.600. The Labute approximate surface area is 83.6 Å². The van der Waals surface area contributed by atoms with Crippen molar-refractivity contribution in [2.75, 3.05) is 18.0 Å². The molecular weight excluding hydrogens is 178 g/mol. The molecule has 0 amide bonds. The summed E-state index contributed by atoms with van der Waals surface area (Å²) in [5.41, 5.74) is -0.494. The lowest BCUT2D eigenvalue weighted by Gasteiger charge is -2.47. The average Bonchev–Trinajstić information content (AvgIpc) is 2.16. The van der Waals surface area contributed by atoms with Gasteiger partial charge in [0.25, 0.3) is 0 Å². The van der Waals surface area contributed by atoms with Gasteiger partial charge in [-0.3, -0.25) is 0 Å². The van der Waals surface area contributed by atoms with Crippen LogP contribution in [0.3, 0.4) is 0 Å². The van der Waals surface area contributed by atoms with E-state index in [1.807, 2.05) is 17.0 Å². The lowest BCUT2D eigenvalue weighted by Crippen LogP contribution is -2.62. The highest BCUT2D eigenvalue weighted by molar-refractivity contribution is 5.42. The zero-order valence-electron chi connectivity index (χ0n) is 8.35. The van der Waals surface area contributed by atoms with E-state index in [9.17, 15) is 5.11 Å². The third-order valence-corrected chi connectivity index (χ3v) is 2.57. The summed E-state index contributed by atoms with van der Waals surface area (Å²) in [6.07, 6.45) is 3.54. The van der Waals surface area contributed by atoms with Crippen LogP contribution in [0.25, 0.3) is 0 Å². The molecule has 76 valence electrons. The molecule has 1 aliphatic heterocycles. The van der Waals surface area contributed by atoms with Crippen molar-refractivity contribution in [1.29, 1.82) is 0 Å². The van der Waals surface area contributed by atoms with Gasteiger partial charge in [0.2, 0.25) is 0 Å². The van der Waals surface area contributed by atoms with Gasteiger partial charge < -0.3 is 10.0 Å². The first-order valence-corrected chi connectivity index (χ1v) is 4.98. The number of β-amino-alcohol motifs (C(OH)–C–C–N with tert-alkyl or cyclic N) is 1. The van der Waals surface area contributed by atoms with Crippen LogP contribution >= 0.6 is 0 Å². The van der Waals surface area contributed by atoms with E-state index in [4.69, 9.17) is 0 Å². The molecule has 14 heavy (non-hydrogen) atoms. The number of anilines is 1. The van der Waals surface area contributed by atoms with E-state index >= 15 is 0 Å². The highest BCUT2D eigenvalue weighted by atomic mass is 16.3. The van der Waals surface area contributed by atoms with Crippen LogP contribution in [0.2, 0.25) is 0 Å². The van der Waals surface area contributed by atoms with Gasteiger partial charge in [-0.1, -0.05) is 13.3 Å². The van der Waals surface area contributed by atoms with E-state index in [0.717, 1.165) is 18.7 Å². The van der Waals surface area contributed by atoms with E-state index in [1.165, 1.54) is 0 Å². The molecule has 1 aromatic rings. The maximum absolute atomic E-state index is 9.95. The number of aliphatic hydroxyl groups is 1. The van der Waals surface area contributed by atoms with E-state index in [1.54, 1.807) is 6.20 Å². The van der Waals surface area contributed by atoms with Gasteiger partial charge in [-0.05, 0) is 18.6 Å². The van der Waals surface area contributed by atoms with Crippen molar-refractivity contribution in [2.24, 2.45) is 0 Å². The lowest BCUT2D eigenvalue weighted by molar-refractivity contribution is 0.00286. The predicted molar refractivity (Wildman–Crippen MR) is 54.1 cm³/mol. The van der Waals surface area contributed by atoms with Crippen LogP contribution in [0.5, 0.6) is 0 Å². The van der Waals surface area contributed by atoms with Crippen molar-refractivity contribution in [3.8, 4) is 0 Å². The molecule has 1 saturated heterocycles. The monoisotopic (exact) mass is 193 g/mol. The summed E-state index contributed by atoms with van der Waals surface area (Å²) in [4.78, 5) is 2.04. The normalized spacial score (nSPS) is 19.1. The number of hydrogen-bond acceptors (Lipinski definition) is 4. The second-order valence-corrected chi connectivity index (χ2v) is 3.91. The highest BCUT2D eigenvalue weighted by Gasteiger charge is 2.40. The summed E-state index contributed by atoms with van der Waals surface area (Å²) in [5.74, 6) is 0.855. The molecule has 0 unspecified atom stereocenters. The van der Waals surface area contributed by atoms with Gasteiger partial charge in [-0.15, -0.1) is 5.10 Å². The zero-order valence-corrected chi connectivity index (χ0v) is 8.35. The maximum atomic E-state index is 9.95. The lowest BCUT2D eigenvalue weighted by atomic mass is 9.89. The molecule has 0 atom stereocenters. The van der Waals surface area contributed by atoms with Crippen molar-refractivity contribution in [3.05, 3.63) is 18.3 Å². The molecule has 2 rings (SSSR count). The Hall–Kier alpha value is -1.16. The molecule has 0 spiro atoms. The van der Waals surface area contributed by atoms with Gasteiger partial charge >= 0.3 is 0 Å². The molecule has 1 fully saturated rings. The zero-order chi connectivity index (χ0) is 10.0. The average molecular weight is 193 g/mol. The number of nitrogens with zero attached hydrogens (tertiary/aromatic N) is 3. The largest absolute Gasteiger partial charge is 0.386 e. The minimum absolute atomic E-state index is 0.494. The Bertz CT molecular complexity index is 295. The number of rotatable bonds is 3. The fourth-order valence-electron chi connectivity index (χ4n) is 1.91. The molecule has 1 aromatic heterocycles. The third kappa shape index (κ3) is 1.70. The summed E-state index contributed by atoms with van der Waals surface area (Å²) in [6, 6.07) is 3.78. The molecule has 2 heterocycles. The molecule has 0 bridgehead atoms. The topological polar surface area (TPSA) is 49.2 Å². The summed E-state index contributed by atoms with van der Waals surface area (Å²) >= 11 is 0. The van der Waals surface area contributed by atoms with Gasteiger partial charge in [0.15, 0.2) is 5.82 Å². The van der Waals surface area contributed by atoms with Crippen molar-refractivity contribution in [2.45, 2.75) is 25.4 Å². The van der Waals surface area contributed by atoms with Crippen molar-refractivity contribution >= 4 is 5.82 Å². The van der Waals surface area contributed by atoms with Gasteiger partial charge in [-0.25, -0.2) is 0 Å². The molecule has 0 radical (unpaired) electrons. The standard InChI is InChI=1S/C10H15N3O/c1-2-5-10(14)7-13(8-10)9-4-3-6-11-12-9/h3-4,6,14H,2,5,7-8H2,1H3. The summed E-state index contributed by atoms with van der Waals surface area (Å²) in [6.45, 7) is 3.45. The first-order valence-electron chi connectivity index (χ1n) is 4.98. The van der Waals surface area contributed by atoms with Gasteiger partial charge in [0, 0.05) is 6.20 Å². The van der Waals surface area contributed by atoms with Crippen molar-refractivity contribution in [1.82, 2.24) is 10.2 Å².